The van der Waals surface area contributed by atoms with Crippen LogP contribution in [0.15, 0.2) is 42.5 Å². The molecule has 0 amide bonds. The molecule has 3 nitrogen and oxygen atoms in total. The molecule has 1 fully saturated rings. The summed E-state index contributed by atoms with van der Waals surface area (Å²) in [5.41, 5.74) is 7.68. The van der Waals surface area contributed by atoms with Crippen LogP contribution in [0.3, 0.4) is 0 Å². The molecule has 3 aromatic carbocycles. The normalized spacial score (nSPS) is 20.2. The topological polar surface area (TPSA) is 32.6 Å². The number of rotatable bonds is 0. The van der Waals surface area contributed by atoms with Crippen molar-refractivity contribution in [2.75, 3.05) is 0 Å². The van der Waals surface area contributed by atoms with E-state index in [1.165, 1.54) is 49.2 Å². The predicted octanol–water partition coefficient (Wildman–Crippen LogP) is 6.23. The maximum absolute atomic E-state index is 9.78. The molecule has 2 aliphatic heterocycles. The largest absolute Gasteiger partial charge is 0.309 e. The summed E-state index contributed by atoms with van der Waals surface area (Å²) in [4.78, 5) is 3.87. The SMILES string of the molecule is [C-]#[N+]c1ccc2c3cccc4c5ccc(C#N)c6c5n(c2c1C1CC6C1)c43. The molecule has 2 aromatic heterocycles. The molecule has 3 aliphatic rings. The van der Waals surface area contributed by atoms with Crippen LogP contribution in [0.2, 0.25) is 0 Å². The first-order valence-electron chi connectivity index (χ1n) is 9.37. The molecule has 27 heavy (non-hydrogen) atoms. The summed E-state index contributed by atoms with van der Waals surface area (Å²) in [7, 11) is 0. The minimum Gasteiger partial charge on any atom is -0.309 e. The summed E-state index contributed by atoms with van der Waals surface area (Å²) in [5.74, 6) is 0.823. The van der Waals surface area contributed by atoms with Gasteiger partial charge in [-0.15, -0.1) is 0 Å². The second-order valence-electron chi connectivity index (χ2n) is 7.94. The summed E-state index contributed by atoms with van der Waals surface area (Å²) < 4.78 is 2.38. The van der Waals surface area contributed by atoms with Crippen LogP contribution in [-0.2, 0) is 0 Å². The Balaban J connectivity index is 1.94. The molecular formula is C24H13N3. The van der Waals surface area contributed by atoms with Gasteiger partial charge in [0, 0.05) is 27.1 Å². The number of aromatic nitrogens is 1. The molecule has 0 spiro atoms. The number of fused-ring (bicyclic) bond motifs is 2. The molecule has 8 rings (SSSR count). The molecule has 0 radical (unpaired) electrons. The molecular weight excluding hydrogens is 330 g/mol. The second-order valence-corrected chi connectivity index (χ2v) is 7.94. The molecule has 5 aromatic rings. The fraction of sp³-hybridized carbons (Fsp3) is 0.167. The molecule has 3 heteroatoms. The van der Waals surface area contributed by atoms with Gasteiger partial charge in [-0.25, -0.2) is 4.85 Å². The highest BCUT2D eigenvalue weighted by Gasteiger charge is 2.40. The Hall–Kier alpha value is -3.56. The van der Waals surface area contributed by atoms with Crippen LogP contribution in [0.25, 0.3) is 42.9 Å². The molecule has 0 saturated heterocycles. The summed E-state index contributed by atoms with van der Waals surface area (Å²) in [6, 6.07) is 17.2. The van der Waals surface area contributed by atoms with E-state index in [1.54, 1.807) is 0 Å². The lowest BCUT2D eigenvalue weighted by Gasteiger charge is -2.39. The average Bonchev–Trinajstić information content (AvgIpc) is 3.16. The third-order valence-corrected chi connectivity index (χ3v) is 6.89. The number of hydrogen-bond donors (Lipinski definition) is 0. The average molecular weight is 343 g/mol. The fourth-order valence-electron chi connectivity index (χ4n) is 5.78. The summed E-state index contributed by atoms with van der Waals surface area (Å²) in [6.45, 7) is 7.72. The van der Waals surface area contributed by atoms with Gasteiger partial charge in [0.25, 0.3) is 0 Å². The van der Waals surface area contributed by atoms with Crippen molar-refractivity contribution >= 4 is 43.8 Å². The smallest absolute Gasteiger partial charge is 0.192 e. The van der Waals surface area contributed by atoms with Crippen molar-refractivity contribution in [2.24, 2.45) is 0 Å². The number of benzene rings is 3. The van der Waals surface area contributed by atoms with Crippen LogP contribution < -0.4 is 0 Å². The fourth-order valence-corrected chi connectivity index (χ4v) is 5.78. The van der Waals surface area contributed by atoms with Crippen LogP contribution in [0.5, 0.6) is 0 Å². The molecule has 0 unspecified atom stereocenters. The van der Waals surface area contributed by atoms with Crippen LogP contribution in [0.4, 0.5) is 5.69 Å². The van der Waals surface area contributed by atoms with Gasteiger partial charge in [0.05, 0.1) is 29.2 Å². The van der Waals surface area contributed by atoms with Gasteiger partial charge in [-0.3, -0.25) is 0 Å². The van der Waals surface area contributed by atoms with Gasteiger partial charge in [-0.05, 0) is 41.9 Å². The number of para-hydroxylation sites is 1. The number of nitriles is 1. The second kappa shape index (κ2) is 4.22. The van der Waals surface area contributed by atoms with E-state index in [9.17, 15) is 5.26 Å². The highest BCUT2D eigenvalue weighted by molar-refractivity contribution is 6.25. The highest BCUT2D eigenvalue weighted by Crippen LogP contribution is 2.57. The van der Waals surface area contributed by atoms with Crippen molar-refractivity contribution in [1.82, 2.24) is 4.40 Å². The Morgan fingerprint density at radius 3 is 2.19 bits per heavy atom. The summed E-state index contributed by atoms with van der Waals surface area (Å²) in [6.07, 6.45) is 2.08. The quantitative estimate of drug-likeness (QED) is 0.307. The minimum atomic E-state index is 0.411. The van der Waals surface area contributed by atoms with E-state index in [0.29, 0.717) is 11.8 Å². The molecule has 4 heterocycles. The minimum absolute atomic E-state index is 0.411. The number of nitrogens with zero attached hydrogens (tertiary/aromatic N) is 3. The molecule has 0 atom stereocenters. The maximum atomic E-state index is 9.78. The lowest BCUT2D eigenvalue weighted by atomic mass is 9.66. The van der Waals surface area contributed by atoms with E-state index < -0.39 is 0 Å². The zero-order chi connectivity index (χ0) is 17.9. The van der Waals surface area contributed by atoms with Gasteiger partial charge in [-0.2, -0.15) is 5.26 Å². The standard InChI is InChI=1S/C24H13N3/c1-26-19-8-7-18-16-4-2-3-15-17-6-5-12(11-25)20-13-9-14(10-13)21(19)24(18)27(22(15)16)23(17)20/h2-8,13-14H,9-10H2. The molecule has 124 valence electrons. The zero-order valence-electron chi connectivity index (χ0n) is 14.5. The molecule has 0 N–H and O–H groups in total. The van der Waals surface area contributed by atoms with Gasteiger partial charge in [-0.1, -0.05) is 36.4 Å². The van der Waals surface area contributed by atoms with E-state index in [0.717, 1.165) is 24.1 Å². The third-order valence-electron chi connectivity index (χ3n) is 6.89. The Morgan fingerprint density at radius 2 is 1.48 bits per heavy atom. The maximum Gasteiger partial charge on any atom is 0.192 e. The van der Waals surface area contributed by atoms with Crippen molar-refractivity contribution in [3.63, 3.8) is 0 Å². The van der Waals surface area contributed by atoms with Gasteiger partial charge in [0.2, 0.25) is 0 Å². The highest BCUT2D eigenvalue weighted by atomic mass is 14.9. The van der Waals surface area contributed by atoms with Crippen molar-refractivity contribution in [3.05, 3.63) is 70.6 Å². The van der Waals surface area contributed by atoms with Gasteiger partial charge >= 0.3 is 0 Å². The third kappa shape index (κ3) is 1.31. The Kier molecular flexibility index (Phi) is 2.13. The lowest BCUT2D eigenvalue weighted by molar-refractivity contribution is 0.353. The van der Waals surface area contributed by atoms with E-state index in [4.69, 9.17) is 6.57 Å². The first-order chi connectivity index (χ1) is 13.3. The predicted molar refractivity (Wildman–Crippen MR) is 107 cm³/mol. The van der Waals surface area contributed by atoms with E-state index in [2.05, 4.69) is 45.6 Å². The molecule has 1 aliphatic carbocycles. The Bertz CT molecular complexity index is 1440. The van der Waals surface area contributed by atoms with Crippen LogP contribution >= 0.6 is 0 Å². The molecule has 2 bridgehead atoms. The van der Waals surface area contributed by atoms with Gasteiger partial charge in [0.1, 0.15) is 0 Å². The van der Waals surface area contributed by atoms with E-state index in [1.807, 2.05) is 12.1 Å². The van der Waals surface area contributed by atoms with Gasteiger partial charge in [0.15, 0.2) is 5.69 Å². The van der Waals surface area contributed by atoms with Crippen molar-refractivity contribution in [1.29, 1.82) is 5.26 Å². The van der Waals surface area contributed by atoms with Crippen LogP contribution in [0.1, 0.15) is 41.4 Å². The monoisotopic (exact) mass is 343 g/mol. The van der Waals surface area contributed by atoms with Crippen LogP contribution in [0, 0.1) is 17.9 Å². The Morgan fingerprint density at radius 1 is 0.852 bits per heavy atom. The van der Waals surface area contributed by atoms with Crippen molar-refractivity contribution in [3.8, 4) is 6.07 Å². The Labute approximate surface area is 155 Å². The summed E-state index contributed by atoms with van der Waals surface area (Å²) >= 11 is 0. The lowest BCUT2D eigenvalue weighted by Crippen LogP contribution is -2.23. The first kappa shape index (κ1) is 13.6. The van der Waals surface area contributed by atoms with E-state index in [-0.39, 0.29) is 0 Å². The van der Waals surface area contributed by atoms with Crippen LogP contribution in [-0.4, -0.2) is 4.40 Å². The van der Waals surface area contributed by atoms with Crippen molar-refractivity contribution in [2.45, 2.75) is 24.7 Å². The first-order valence-corrected chi connectivity index (χ1v) is 9.37. The van der Waals surface area contributed by atoms with Gasteiger partial charge < -0.3 is 4.40 Å². The summed E-state index contributed by atoms with van der Waals surface area (Å²) in [5, 5.41) is 14.8. The van der Waals surface area contributed by atoms with E-state index >= 15 is 0 Å². The zero-order valence-corrected chi connectivity index (χ0v) is 14.5. The molecule has 1 saturated carbocycles. The number of hydrogen-bond acceptors (Lipinski definition) is 1. The van der Waals surface area contributed by atoms with Crippen molar-refractivity contribution < 1.29 is 0 Å².